The number of aryl methyl sites for hydroxylation is 2. The molecule has 3 heterocycles. The fourth-order valence-electron chi connectivity index (χ4n) is 2.79. The van der Waals surface area contributed by atoms with Crippen LogP contribution in [-0.2, 0) is 19.3 Å². The van der Waals surface area contributed by atoms with Crippen molar-refractivity contribution in [3.63, 3.8) is 0 Å². The van der Waals surface area contributed by atoms with E-state index in [1.165, 1.54) is 0 Å². The molecule has 12 heteroatoms. The largest absolute Gasteiger partial charge is 0.417 e. The number of hydrogen-bond donors (Lipinski definition) is 1. The Morgan fingerprint density at radius 2 is 2.00 bits per heavy atom. The summed E-state index contributed by atoms with van der Waals surface area (Å²) in [5.74, 6) is -0.418. The lowest BCUT2D eigenvalue weighted by atomic mass is 10.2. The van der Waals surface area contributed by atoms with Crippen LogP contribution >= 0.6 is 23.2 Å². The Balaban J connectivity index is 1.83. The van der Waals surface area contributed by atoms with E-state index in [4.69, 9.17) is 23.2 Å². The molecule has 1 amide bonds. The van der Waals surface area contributed by atoms with Crippen molar-refractivity contribution in [1.82, 2.24) is 29.7 Å². The molecule has 0 aromatic carbocycles. The minimum Gasteiger partial charge on any atom is -0.345 e. The maximum atomic E-state index is 13.0. The number of alkyl halides is 3. The van der Waals surface area contributed by atoms with E-state index in [1.54, 1.807) is 11.6 Å². The molecule has 3 aromatic heterocycles. The molecule has 156 valence electrons. The summed E-state index contributed by atoms with van der Waals surface area (Å²) in [7, 11) is 0. The summed E-state index contributed by atoms with van der Waals surface area (Å²) in [6.07, 6.45) is -1.95. The third-order valence-corrected chi connectivity index (χ3v) is 4.94. The lowest BCUT2D eigenvalue weighted by Gasteiger charge is -2.09. The number of carbonyl (C=O) groups excluding carboxylic acids is 1. The minimum atomic E-state index is -4.58. The van der Waals surface area contributed by atoms with E-state index in [0.29, 0.717) is 12.2 Å². The van der Waals surface area contributed by atoms with Gasteiger partial charge >= 0.3 is 6.18 Å². The number of fused-ring (bicyclic) bond motifs is 1. The topological polar surface area (TPSA) is 77.1 Å². The molecule has 0 saturated heterocycles. The van der Waals surface area contributed by atoms with Crippen LogP contribution in [0.3, 0.4) is 0 Å². The van der Waals surface area contributed by atoms with Crippen molar-refractivity contribution in [2.75, 3.05) is 0 Å². The lowest BCUT2D eigenvalue weighted by Crippen LogP contribution is -2.25. The summed E-state index contributed by atoms with van der Waals surface area (Å²) >= 11 is 12.2. The molecule has 3 aromatic rings. The van der Waals surface area contributed by atoms with E-state index in [-0.39, 0.29) is 33.8 Å². The van der Waals surface area contributed by atoms with Gasteiger partial charge in [0.1, 0.15) is 5.15 Å². The molecule has 0 atom stereocenters. The van der Waals surface area contributed by atoms with E-state index >= 15 is 0 Å². The number of carbonyl (C=O) groups is 1. The first-order valence-corrected chi connectivity index (χ1v) is 9.50. The number of hydrogen-bond acceptors (Lipinski definition) is 4. The first-order chi connectivity index (χ1) is 13.6. The number of nitrogens with one attached hydrogen (secondary N) is 1. The van der Waals surface area contributed by atoms with Crippen LogP contribution in [0.25, 0.3) is 5.65 Å². The molecule has 0 unspecified atom stereocenters. The lowest BCUT2D eigenvalue weighted by molar-refractivity contribution is -0.137. The molecular formula is C17H17Cl2F3N6O. The Kier molecular flexibility index (Phi) is 6.04. The molecule has 0 aliphatic rings. The Hall–Kier alpha value is -2.33. The predicted molar refractivity (Wildman–Crippen MR) is 101 cm³/mol. The van der Waals surface area contributed by atoms with E-state index in [9.17, 15) is 18.0 Å². The summed E-state index contributed by atoms with van der Waals surface area (Å²) in [6.45, 7) is 4.09. The summed E-state index contributed by atoms with van der Waals surface area (Å²) in [6, 6.07) is 0.780. The van der Waals surface area contributed by atoms with Gasteiger partial charge in [-0.25, -0.2) is 0 Å². The van der Waals surface area contributed by atoms with Crippen molar-refractivity contribution in [2.45, 2.75) is 46.0 Å². The zero-order valence-electron chi connectivity index (χ0n) is 15.5. The summed E-state index contributed by atoms with van der Waals surface area (Å²) in [5, 5.41) is 14.5. The number of unbranched alkanes of at least 4 members (excludes halogenated alkanes) is 1. The summed E-state index contributed by atoms with van der Waals surface area (Å²) in [5.41, 5.74) is -0.216. The molecule has 0 bridgehead atoms. The molecule has 29 heavy (non-hydrogen) atoms. The van der Waals surface area contributed by atoms with Crippen molar-refractivity contribution >= 4 is 34.8 Å². The molecule has 0 saturated carbocycles. The van der Waals surface area contributed by atoms with Gasteiger partial charge in [0, 0.05) is 12.7 Å². The maximum absolute atomic E-state index is 13.0. The number of amides is 1. The van der Waals surface area contributed by atoms with Crippen LogP contribution in [0.5, 0.6) is 0 Å². The van der Waals surface area contributed by atoms with Gasteiger partial charge in [-0.2, -0.15) is 18.3 Å². The molecular weight excluding hydrogens is 432 g/mol. The molecule has 1 N–H and O–H groups in total. The predicted octanol–water partition coefficient (Wildman–Crippen LogP) is 4.29. The zero-order chi connectivity index (χ0) is 21.3. The normalized spacial score (nSPS) is 12.0. The number of nitrogens with zero attached hydrogens (tertiary/aromatic N) is 5. The van der Waals surface area contributed by atoms with Crippen molar-refractivity contribution in [2.24, 2.45) is 0 Å². The van der Waals surface area contributed by atoms with E-state index < -0.39 is 17.6 Å². The van der Waals surface area contributed by atoms with Gasteiger partial charge in [0.05, 0.1) is 28.4 Å². The fourth-order valence-corrected chi connectivity index (χ4v) is 3.38. The molecule has 0 aliphatic carbocycles. The molecule has 0 radical (unpaired) electrons. The van der Waals surface area contributed by atoms with Crippen LogP contribution in [0.2, 0.25) is 10.2 Å². The first-order valence-electron chi connectivity index (χ1n) is 8.75. The zero-order valence-corrected chi connectivity index (χ0v) is 17.0. The average Bonchev–Trinajstić information content (AvgIpc) is 3.18. The number of aromatic nitrogens is 5. The molecule has 0 aliphatic heterocycles. The standard InChI is InChI=1S/C17H17Cl2F3N6O/c1-3-4-5-28-14(19)13(9(2)26-28)16(29)23-7-12-24-25-15-11(18)6-10(8-27(12)15)17(20,21)22/h6,8H,3-5,7H2,1-2H3,(H,23,29). The van der Waals surface area contributed by atoms with Crippen LogP contribution in [-0.4, -0.2) is 30.3 Å². The summed E-state index contributed by atoms with van der Waals surface area (Å²) in [4.78, 5) is 12.6. The highest BCUT2D eigenvalue weighted by atomic mass is 35.5. The third kappa shape index (κ3) is 4.32. The highest BCUT2D eigenvalue weighted by molar-refractivity contribution is 6.33. The van der Waals surface area contributed by atoms with E-state index in [1.807, 2.05) is 6.92 Å². The minimum absolute atomic E-state index is 0.0607. The Bertz CT molecular complexity index is 1060. The van der Waals surface area contributed by atoms with Gasteiger partial charge in [0.2, 0.25) is 0 Å². The van der Waals surface area contributed by atoms with Crippen LogP contribution in [0, 0.1) is 6.92 Å². The highest BCUT2D eigenvalue weighted by Gasteiger charge is 2.32. The average molecular weight is 449 g/mol. The van der Waals surface area contributed by atoms with Crippen LogP contribution in [0.1, 0.15) is 47.2 Å². The number of halogens is 5. The second-order valence-electron chi connectivity index (χ2n) is 6.39. The summed E-state index contributed by atoms with van der Waals surface area (Å²) < 4.78 is 41.8. The van der Waals surface area contributed by atoms with Crippen LogP contribution in [0.15, 0.2) is 12.3 Å². The van der Waals surface area contributed by atoms with Gasteiger partial charge in [-0.05, 0) is 19.4 Å². The monoisotopic (exact) mass is 448 g/mol. The Morgan fingerprint density at radius 3 is 2.66 bits per heavy atom. The quantitative estimate of drug-likeness (QED) is 0.609. The third-order valence-electron chi connectivity index (χ3n) is 4.28. The Labute approximate surface area is 173 Å². The highest BCUT2D eigenvalue weighted by Crippen LogP contribution is 2.32. The van der Waals surface area contributed by atoms with Crippen molar-refractivity contribution in [3.8, 4) is 0 Å². The smallest absolute Gasteiger partial charge is 0.345 e. The van der Waals surface area contributed by atoms with Crippen molar-refractivity contribution in [3.05, 3.63) is 45.1 Å². The molecule has 3 rings (SSSR count). The van der Waals surface area contributed by atoms with Gasteiger partial charge in [-0.15, -0.1) is 10.2 Å². The molecule has 0 spiro atoms. The first kappa shape index (κ1) is 21.4. The van der Waals surface area contributed by atoms with Gasteiger partial charge in [0.15, 0.2) is 11.5 Å². The van der Waals surface area contributed by atoms with Crippen molar-refractivity contribution in [1.29, 1.82) is 0 Å². The molecule has 7 nitrogen and oxygen atoms in total. The Morgan fingerprint density at radius 1 is 1.28 bits per heavy atom. The number of rotatable bonds is 6. The number of pyridine rings is 1. The van der Waals surface area contributed by atoms with Gasteiger partial charge in [-0.3, -0.25) is 13.9 Å². The van der Waals surface area contributed by atoms with E-state index in [0.717, 1.165) is 29.5 Å². The van der Waals surface area contributed by atoms with E-state index in [2.05, 4.69) is 20.6 Å². The van der Waals surface area contributed by atoms with Crippen LogP contribution in [0.4, 0.5) is 13.2 Å². The second kappa shape index (κ2) is 8.19. The maximum Gasteiger partial charge on any atom is 0.417 e. The van der Waals surface area contributed by atoms with Gasteiger partial charge in [-0.1, -0.05) is 36.5 Å². The van der Waals surface area contributed by atoms with Gasteiger partial charge in [0.25, 0.3) is 5.91 Å². The second-order valence-corrected chi connectivity index (χ2v) is 7.16. The van der Waals surface area contributed by atoms with Crippen molar-refractivity contribution < 1.29 is 18.0 Å². The molecule has 0 fully saturated rings. The SMILES string of the molecule is CCCCn1nc(C)c(C(=O)NCc2nnc3c(Cl)cc(C(F)(F)F)cn23)c1Cl. The van der Waals surface area contributed by atoms with Gasteiger partial charge < -0.3 is 5.32 Å². The fraction of sp³-hybridized carbons (Fsp3) is 0.412. The van der Waals surface area contributed by atoms with Crippen LogP contribution < -0.4 is 5.32 Å².